The van der Waals surface area contributed by atoms with Crippen molar-refractivity contribution in [3.63, 3.8) is 0 Å². The van der Waals surface area contributed by atoms with Gasteiger partial charge in [0.1, 0.15) is 0 Å². The van der Waals surface area contributed by atoms with Gasteiger partial charge < -0.3 is 9.47 Å². The number of carbonyl (C=O) groups is 2. The summed E-state index contributed by atoms with van der Waals surface area (Å²) in [6.07, 6.45) is 4.43. The molecule has 2 aromatic rings. The third-order valence-corrected chi connectivity index (χ3v) is 3.66. The minimum absolute atomic E-state index is 0.170. The molecule has 2 rings (SSSR count). The van der Waals surface area contributed by atoms with Crippen LogP contribution in [0.5, 0.6) is 0 Å². The second-order valence-corrected chi connectivity index (χ2v) is 5.80. The van der Waals surface area contributed by atoms with Crippen molar-refractivity contribution in [2.24, 2.45) is 0 Å². The van der Waals surface area contributed by atoms with E-state index in [4.69, 9.17) is 9.47 Å². The minimum atomic E-state index is -0.526. The molecule has 136 valence electrons. The number of hydrogen-bond donors (Lipinski definition) is 0. The highest BCUT2D eigenvalue weighted by Gasteiger charge is 2.17. The van der Waals surface area contributed by atoms with Crippen molar-refractivity contribution in [1.29, 1.82) is 0 Å². The average molecular weight is 353 g/mol. The molecule has 1 aromatic carbocycles. The van der Waals surface area contributed by atoms with Gasteiger partial charge in [-0.25, -0.2) is 14.6 Å². The summed E-state index contributed by atoms with van der Waals surface area (Å²) < 4.78 is 10.0. The monoisotopic (exact) mass is 353 g/mol. The van der Waals surface area contributed by atoms with E-state index in [0.29, 0.717) is 5.56 Å². The summed E-state index contributed by atoms with van der Waals surface area (Å²) in [6.45, 7) is 8.02. The van der Waals surface area contributed by atoms with Crippen LogP contribution in [-0.2, 0) is 14.3 Å². The van der Waals surface area contributed by atoms with Crippen LogP contribution in [0.2, 0.25) is 0 Å². The van der Waals surface area contributed by atoms with Crippen molar-refractivity contribution in [3.8, 4) is 11.1 Å². The molecule has 0 unspecified atom stereocenters. The molecule has 0 radical (unpaired) electrons. The predicted octanol–water partition coefficient (Wildman–Crippen LogP) is 4.12. The maximum Gasteiger partial charge on any atom is 0.357 e. The highest BCUT2D eigenvalue weighted by molar-refractivity contribution is 5.97. The normalized spacial score (nSPS) is 10.8. The zero-order valence-corrected chi connectivity index (χ0v) is 15.5. The van der Waals surface area contributed by atoms with Crippen LogP contribution in [0.4, 0.5) is 0 Å². The van der Waals surface area contributed by atoms with E-state index in [1.54, 1.807) is 26.1 Å². The molecule has 26 heavy (non-hydrogen) atoms. The van der Waals surface area contributed by atoms with E-state index in [2.05, 4.69) is 11.1 Å². The van der Waals surface area contributed by atoms with Crippen LogP contribution < -0.4 is 0 Å². The Morgan fingerprint density at radius 1 is 1.04 bits per heavy atom. The highest BCUT2D eigenvalue weighted by atomic mass is 16.5. The molecule has 5 heteroatoms. The molecule has 0 aliphatic heterocycles. The van der Waals surface area contributed by atoms with Gasteiger partial charge in [-0.05, 0) is 51.0 Å². The number of rotatable bonds is 6. The Labute approximate surface area is 153 Å². The summed E-state index contributed by atoms with van der Waals surface area (Å²) in [4.78, 5) is 28.2. The van der Waals surface area contributed by atoms with Crippen LogP contribution >= 0.6 is 0 Å². The Morgan fingerprint density at radius 2 is 1.69 bits per heavy atom. The number of aryl methyl sites for hydroxylation is 2. The van der Waals surface area contributed by atoms with Crippen LogP contribution in [-0.4, -0.2) is 30.1 Å². The van der Waals surface area contributed by atoms with E-state index in [0.717, 1.165) is 22.3 Å². The molecule has 0 atom stereocenters. The van der Waals surface area contributed by atoms with Gasteiger partial charge in [0.05, 0.1) is 13.2 Å². The molecule has 0 saturated carbocycles. The predicted molar refractivity (Wildman–Crippen MR) is 101 cm³/mol. The zero-order chi connectivity index (χ0) is 19.1. The number of carbonyl (C=O) groups excluding carboxylic acids is 2. The van der Waals surface area contributed by atoms with Crippen LogP contribution in [0, 0.1) is 13.8 Å². The Morgan fingerprint density at radius 3 is 2.31 bits per heavy atom. The summed E-state index contributed by atoms with van der Waals surface area (Å²) in [5.74, 6) is -1.00. The summed E-state index contributed by atoms with van der Waals surface area (Å²) in [5.41, 5.74) is 4.66. The van der Waals surface area contributed by atoms with Crippen molar-refractivity contribution in [1.82, 2.24) is 4.98 Å². The molecule has 0 aliphatic carbocycles. The highest BCUT2D eigenvalue weighted by Crippen LogP contribution is 2.28. The summed E-state index contributed by atoms with van der Waals surface area (Å²) >= 11 is 0. The molecule has 0 saturated heterocycles. The van der Waals surface area contributed by atoms with Gasteiger partial charge in [-0.15, -0.1) is 0 Å². The number of hydrogen-bond acceptors (Lipinski definition) is 5. The van der Waals surface area contributed by atoms with Crippen molar-refractivity contribution < 1.29 is 19.1 Å². The van der Waals surface area contributed by atoms with Gasteiger partial charge >= 0.3 is 11.9 Å². The van der Waals surface area contributed by atoms with Crippen molar-refractivity contribution in [3.05, 3.63) is 58.9 Å². The van der Waals surface area contributed by atoms with Crippen molar-refractivity contribution in [2.45, 2.75) is 27.7 Å². The van der Waals surface area contributed by atoms with E-state index < -0.39 is 11.9 Å². The maximum absolute atomic E-state index is 12.3. The lowest BCUT2D eigenvalue weighted by molar-refractivity contribution is -0.137. The number of pyridine rings is 1. The standard InChI is InChI=1S/C21H23NO4/c1-5-25-19(23)8-7-18-17(16-12-14(3)11-15(4)13-16)9-10-22-20(18)21(24)26-6-2/h7-13H,5-6H2,1-4H3/b8-7+. The second kappa shape index (κ2) is 8.94. The molecule has 0 aliphatic rings. The summed E-state index contributed by atoms with van der Waals surface area (Å²) in [5, 5.41) is 0. The van der Waals surface area contributed by atoms with Gasteiger partial charge in [0.15, 0.2) is 5.69 Å². The topological polar surface area (TPSA) is 65.5 Å². The van der Waals surface area contributed by atoms with Crippen LogP contribution in [0.3, 0.4) is 0 Å². The van der Waals surface area contributed by atoms with Gasteiger partial charge in [0, 0.05) is 17.8 Å². The van der Waals surface area contributed by atoms with E-state index in [-0.39, 0.29) is 18.9 Å². The molecule has 0 bridgehead atoms. The third kappa shape index (κ3) is 4.79. The van der Waals surface area contributed by atoms with Gasteiger partial charge in [-0.2, -0.15) is 0 Å². The Hall–Kier alpha value is -2.95. The van der Waals surface area contributed by atoms with Gasteiger partial charge in [0.2, 0.25) is 0 Å². The molecular weight excluding hydrogens is 330 g/mol. The molecule has 0 fully saturated rings. The average Bonchev–Trinajstić information content (AvgIpc) is 2.59. The number of esters is 2. The minimum Gasteiger partial charge on any atom is -0.463 e. The van der Waals surface area contributed by atoms with Crippen LogP contribution in [0.1, 0.15) is 41.0 Å². The Kier molecular flexibility index (Phi) is 6.67. The van der Waals surface area contributed by atoms with E-state index in [1.807, 2.05) is 32.0 Å². The lowest BCUT2D eigenvalue weighted by atomic mass is 9.95. The molecule has 1 aromatic heterocycles. The first-order chi connectivity index (χ1) is 12.5. The first-order valence-electron chi connectivity index (χ1n) is 8.55. The lowest BCUT2D eigenvalue weighted by Crippen LogP contribution is -2.10. The van der Waals surface area contributed by atoms with Gasteiger partial charge in [-0.3, -0.25) is 0 Å². The van der Waals surface area contributed by atoms with E-state index >= 15 is 0 Å². The van der Waals surface area contributed by atoms with Gasteiger partial charge in [0.25, 0.3) is 0 Å². The number of aromatic nitrogens is 1. The largest absolute Gasteiger partial charge is 0.463 e. The fraction of sp³-hybridized carbons (Fsp3) is 0.286. The first kappa shape index (κ1) is 19.4. The number of benzene rings is 1. The Balaban J connectivity index is 2.61. The van der Waals surface area contributed by atoms with Crippen molar-refractivity contribution >= 4 is 18.0 Å². The SMILES string of the molecule is CCOC(=O)/C=C/c1c(-c2cc(C)cc(C)c2)ccnc1C(=O)OCC. The molecule has 0 N–H and O–H groups in total. The fourth-order valence-corrected chi connectivity index (χ4v) is 2.73. The second-order valence-electron chi connectivity index (χ2n) is 5.80. The Bertz CT molecular complexity index is 820. The molecule has 0 amide bonds. The summed E-state index contributed by atoms with van der Waals surface area (Å²) in [7, 11) is 0. The van der Waals surface area contributed by atoms with E-state index in [1.165, 1.54) is 6.08 Å². The van der Waals surface area contributed by atoms with Crippen molar-refractivity contribution in [2.75, 3.05) is 13.2 Å². The number of ether oxygens (including phenoxy) is 2. The molecular formula is C21H23NO4. The zero-order valence-electron chi connectivity index (χ0n) is 15.5. The van der Waals surface area contributed by atoms with Crippen LogP contribution in [0.25, 0.3) is 17.2 Å². The summed E-state index contributed by atoms with van der Waals surface area (Å²) in [6, 6.07) is 7.95. The maximum atomic E-state index is 12.3. The smallest absolute Gasteiger partial charge is 0.357 e. The third-order valence-electron chi connectivity index (χ3n) is 3.66. The fourth-order valence-electron chi connectivity index (χ4n) is 2.73. The number of nitrogens with zero attached hydrogens (tertiary/aromatic N) is 1. The molecule has 5 nitrogen and oxygen atoms in total. The van der Waals surface area contributed by atoms with Gasteiger partial charge in [-0.1, -0.05) is 29.3 Å². The molecule has 1 heterocycles. The lowest BCUT2D eigenvalue weighted by Gasteiger charge is -2.12. The first-order valence-corrected chi connectivity index (χ1v) is 8.55. The van der Waals surface area contributed by atoms with Crippen LogP contribution in [0.15, 0.2) is 36.5 Å². The molecule has 0 spiro atoms. The quantitative estimate of drug-likeness (QED) is 0.577. The van der Waals surface area contributed by atoms with E-state index in [9.17, 15) is 9.59 Å².